The van der Waals surface area contributed by atoms with Crippen LogP contribution >= 0.6 is 0 Å². The van der Waals surface area contributed by atoms with E-state index in [-0.39, 0.29) is 16.1 Å². The Hall–Kier alpha value is -3.39. The van der Waals surface area contributed by atoms with E-state index < -0.39 is 16.0 Å². The second-order valence-corrected chi connectivity index (χ2v) is 10.1. The zero-order chi connectivity index (χ0) is 24.9. The van der Waals surface area contributed by atoms with Gasteiger partial charge in [-0.25, -0.2) is 18.2 Å². The number of nitrogens with one attached hydrogen (secondary N) is 1. The Kier molecular flexibility index (Phi) is 7.94. The number of rotatable bonds is 10. The largest absolute Gasteiger partial charge is 0.478 e. The average Bonchev–Trinajstić information content (AvgIpc) is 2.76. The van der Waals surface area contributed by atoms with Crippen LogP contribution in [0.25, 0.3) is 0 Å². The third-order valence-corrected chi connectivity index (χ3v) is 7.21. The summed E-state index contributed by atoms with van der Waals surface area (Å²) >= 11 is 0. The van der Waals surface area contributed by atoms with E-state index in [1.54, 1.807) is 26.0 Å². The van der Waals surface area contributed by atoms with Gasteiger partial charge in [0.15, 0.2) is 0 Å². The lowest BCUT2D eigenvalue weighted by atomic mass is 10.1. The van der Waals surface area contributed by atoms with E-state index in [0.717, 1.165) is 24.0 Å². The van der Waals surface area contributed by atoms with E-state index >= 15 is 0 Å². The molecule has 1 aromatic heterocycles. The van der Waals surface area contributed by atoms with Crippen molar-refractivity contribution in [1.82, 2.24) is 4.98 Å². The minimum Gasteiger partial charge on any atom is -0.478 e. The zero-order valence-corrected chi connectivity index (χ0v) is 20.8. The van der Waals surface area contributed by atoms with Crippen molar-refractivity contribution < 1.29 is 18.3 Å². The highest BCUT2D eigenvalue weighted by Crippen LogP contribution is 2.27. The summed E-state index contributed by atoms with van der Waals surface area (Å²) in [7, 11) is -3.93. The Bertz CT molecular complexity index is 1250. The number of anilines is 2. The summed E-state index contributed by atoms with van der Waals surface area (Å²) < 4.78 is 28.8. The molecule has 3 aromatic rings. The van der Waals surface area contributed by atoms with Crippen molar-refractivity contribution in [3.8, 4) is 0 Å². The first-order valence-corrected chi connectivity index (χ1v) is 12.7. The molecule has 2 N–H and O–H groups in total. The quantitative estimate of drug-likeness (QED) is 0.407. The Morgan fingerprint density at radius 2 is 1.71 bits per heavy atom. The molecule has 0 amide bonds. The molecule has 2 aromatic carbocycles. The van der Waals surface area contributed by atoms with E-state index in [1.807, 2.05) is 42.2 Å². The van der Waals surface area contributed by atoms with Crippen LogP contribution in [0.15, 0.2) is 59.6 Å². The number of aryl methyl sites for hydroxylation is 3. The highest BCUT2D eigenvalue weighted by atomic mass is 32.2. The van der Waals surface area contributed by atoms with Gasteiger partial charge in [0.05, 0.1) is 16.8 Å². The fraction of sp³-hybridized carbons (Fsp3) is 0.308. The topological polar surface area (TPSA) is 99.6 Å². The molecule has 0 fully saturated rings. The summed E-state index contributed by atoms with van der Waals surface area (Å²) in [6.45, 7) is 8.60. The van der Waals surface area contributed by atoms with Gasteiger partial charge < -0.3 is 10.0 Å². The Morgan fingerprint density at radius 1 is 1.06 bits per heavy atom. The van der Waals surface area contributed by atoms with Gasteiger partial charge in [0.1, 0.15) is 11.4 Å². The van der Waals surface area contributed by atoms with E-state index in [2.05, 4.69) is 16.6 Å². The molecule has 0 spiro atoms. The van der Waals surface area contributed by atoms with Crippen molar-refractivity contribution in [1.29, 1.82) is 0 Å². The number of carbonyl (C=O) groups is 1. The number of aromatic nitrogens is 1. The molecular formula is C26H31N3O4S. The normalized spacial score (nSPS) is 11.3. The summed E-state index contributed by atoms with van der Waals surface area (Å²) in [6.07, 6.45) is 3.19. The third-order valence-electron chi connectivity index (χ3n) is 5.52. The van der Waals surface area contributed by atoms with E-state index in [4.69, 9.17) is 0 Å². The molecule has 7 nitrogen and oxygen atoms in total. The number of benzene rings is 2. The number of nitrogens with zero attached hydrogens (tertiary/aromatic N) is 2. The van der Waals surface area contributed by atoms with Gasteiger partial charge in [0, 0.05) is 13.1 Å². The zero-order valence-electron chi connectivity index (χ0n) is 20.0. The molecule has 8 heteroatoms. The smallest absolute Gasteiger partial charge is 0.339 e. The predicted molar refractivity (Wildman–Crippen MR) is 135 cm³/mol. The molecule has 180 valence electrons. The monoisotopic (exact) mass is 481 g/mol. The Balaban J connectivity index is 1.98. The molecule has 0 aliphatic heterocycles. The van der Waals surface area contributed by atoms with Gasteiger partial charge >= 0.3 is 5.97 Å². The molecule has 0 radical (unpaired) electrons. The molecule has 3 rings (SSSR count). The lowest BCUT2D eigenvalue weighted by molar-refractivity contribution is 0.0697. The van der Waals surface area contributed by atoms with Gasteiger partial charge in [-0.1, -0.05) is 61.4 Å². The van der Waals surface area contributed by atoms with Crippen LogP contribution in [-0.2, 0) is 16.6 Å². The number of pyridine rings is 1. The van der Waals surface area contributed by atoms with Gasteiger partial charge in [-0.3, -0.25) is 4.72 Å². The first kappa shape index (κ1) is 25.2. The summed E-state index contributed by atoms with van der Waals surface area (Å²) in [5.74, 6) is -0.851. The molecule has 0 saturated carbocycles. The van der Waals surface area contributed by atoms with Crippen molar-refractivity contribution in [2.75, 3.05) is 16.2 Å². The molecule has 0 aliphatic carbocycles. The van der Waals surface area contributed by atoms with Crippen LogP contribution in [0.2, 0.25) is 0 Å². The van der Waals surface area contributed by atoms with Crippen LogP contribution in [0.4, 0.5) is 11.5 Å². The molecule has 1 heterocycles. The summed E-state index contributed by atoms with van der Waals surface area (Å²) in [4.78, 5) is 18.7. The Labute approximate surface area is 201 Å². The maximum Gasteiger partial charge on any atom is 0.339 e. The third kappa shape index (κ3) is 5.94. The van der Waals surface area contributed by atoms with Crippen LogP contribution in [0.1, 0.15) is 52.4 Å². The van der Waals surface area contributed by atoms with Gasteiger partial charge in [-0.15, -0.1) is 0 Å². The number of unbranched alkanes of at least 4 members (excludes halogenated alkanes) is 1. The van der Waals surface area contributed by atoms with E-state index in [1.165, 1.54) is 12.3 Å². The van der Waals surface area contributed by atoms with Crippen molar-refractivity contribution in [3.05, 3.63) is 82.5 Å². The predicted octanol–water partition coefficient (Wildman–Crippen LogP) is 5.31. The minimum absolute atomic E-state index is 0.0513. The highest BCUT2D eigenvalue weighted by Gasteiger charge is 2.23. The first-order valence-electron chi connectivity index (χ1n) is 11.2. The minimum atomic E-state index is -3.93. The van der Waals surface area contributed by atoms with Crippen LogP contribution in [0.3, 0.4) is 0 Å². The van der Waals surface area contributed by atoms with Crippen molar-refractivity contribution >= 4 is 27.5 Å². The molecule has 0 saturated heterocycles. The summed E-state index contributed by atoms with van der Waals surface area (Å²) in [5.41, 5.74) is 3.31. The summed E-state index contributed by atoms with van der Waals surface area (Å²) in [6, 6.07) is 14.7. The molecule has 0 bridgehead atoms. The van der Waals surface area contributed by atoms with Gasteiger partial charge in [-0.2, -0.15) is 0 Å². The second kappa shape index (κ2) is 10.7. The van der Waals surface area contributed by atoms with Gasteiger partial charge in [0.25, 0.3) is 10.0 Å². The van der Waals surface area contributed by atoms with Crippen molar-refractivity contribution in [3.63, 3.8) is 0 Å². The highest BCUT2D eigenvalue weighted by molar-refractivity contribution is 7.92. The summed E-state index contributed by atoms with van der Waals surface area (Å²) in [5, 5.41) is 9.92. The van der Waals surface area contributed by atoms with Crippen LogP contribution in [0, 0.1) is 20.8 Å². The molecule has 34 heavy (non-hydrogen) atoms. The average molecular weight is 482 g/mol. The van der Waals surface area contributed by atoms with E-state index in [0.29, 0.717) is 30.0 Å². The molecular weight excluding hydrogens is 450 g/mol. The lowest BCUT2D eigenvalue weighted by Gasteiger charge is -2.25. The fourth-order valence-electron chi connectivity index (χ4n) is 4.13. The molecule has 0 aliphatic rings. The molecule has 0 atom stereocenters. The fourth-order valence-corrected chi connectivity index (χ4v) is 5.62. The number of carboxylic acid groups (broad SMARTS) is 1. The number of aromatic carboxylic acids is 1. The van der Waals surface area contributed by atoms with Crippen molar-refractivity contribution in [2.45, 2.75) is 52.0 Å². The Morgan fingerprint density at radius 3 is 2.29 bits per heavy atom. The van der Waals surface area contributed by atoms with Gasteiger partial charge in [-0.05, 0) is 49.9 Å². The number of carboxylic acids is 1. The lowest BCUT2D eigenvalue weighted by Crippen LogP contribution is -2.27. The number of hydrogen-bond donors (Lipinski definition) is 2. The first-order chi connectivity index (χ1) is 16.1. The second-order valence-electron chi connectivity index (χ2n) is 8.49. The number of hydrogen-bond acceptors (Lipinski definition) is 5. The van der Waals surface area contributed by atoms with Crippen LogP contribution in [0.5, 0.6) is 0 Å². The SMILES string of the molecule is CCCCN(Cc1ccccc1)c1ncc(NS(=O)(=O)c2c(C)cc(C)cc2C)cc1C(=O)O. The van der Waals surface area contributed by atoms with Crippen LogP contribution < -0.4 is 9.62 Å². The maximum atomic E-state index is 13.1. The van der Waals surface area contributed by atoms with E-state index in [9.17, 15) is 18.3 Å². The standard InChI is InChI=1S/C26H31N3O4S/c1-5-6-12-29(17-21-10-8-7-9-11-21)25-23(26(30)31)15-22(16-27-25)28-34(32,33)24-19(3)13-18(2)14-20(24)4/h7-11,13-16,28H,5-6,12,17H2,1-4H3,(H,30,31). The van der Waals surface area contributed by atoms with Crippen LogP contribution in [-0.4, -0.2) is 31.0 Å². The number of sulfonamides is 1. The van der Waals surface area contributed by atoms with Crippen molar-refractivity contribution in [2.24, 2.45) is 0 Å². The maximum absolute atomic E-state index is 13.1. The van der Waals surface area contributed by atoms with Gasteiger partial charge in [0.2, 0.25) is 0 Å². The molecule has 0 unspecified atom stereocenters.